The Balaban J connectivity index is 1.52. The Morgan fingerprint density at radius 2 is 1.71 bits per heavy atom. The fraction of sp³-hybridized carbons (Fsp3) is 0.111. The van der Waals surface area contributed by atoms with Gasteiger partial charge in [-0.25, -0.2) is 5.01 Å². The molecule has 4 rings (SSSR count). The van der Waals surface area contributed by atoms with E-state index in [9.17, 15) is 4.79 Å². The summed E-state index contributed by atoms with van der Waals surface area (Å²) < 4.78 is 1.83. The van der Waals surface area contributed by atoms with Crippen molar-refractivity contribution in [2.45, 2.75) is 13.1 Å². The van der Waals surface area contributed by atoms with E-state index in [2.05, 4.69) is 15.4 Å². The third kappa shape index (κ3) is 2.81. The van der Waals surface area contributed by atoms with Crippen LogP contribution in [0.15, 0.2) is 77.2 Å². The summed E-state index contributed by atoms with van der Waals surface area (Å²) in [7, 11) is 0. The van der Waals surface area contributed by atoms with Crippen molar-refractivity contribution in [2.24, 2.45) is 10.3 Å². The quantitative estimate of drug-likeness (QED) is 0.741. The number of benzene rings is 2. The molecule has 0 saturated carbocycles. The number of carbonyl (C=O) groups excluding carboxylic acids is 1. The topological polar surface area (TPSA) is 62.9 Å². The van der Waals surface area contributed by atoms with Gasteiger partial charge in [-0.1, -0.05) is 53.8 Å². The smallest absolute Gasteiger partial charge is 0.267 e. The van der Waals surface area contributed by atoms with Crippen LogP contribution in [0.2, 0.25) is 0 Å². The van der Waals surface area contributed by atoms with Crippen molar-refractivity contribution in [3.8, 4) is 0 Å². The molecule has 118 valence electrons. The summed E-state index contributed by atoms with van der Waals surface area (Å²) in [4.78, 5) is 12.5. The lowest BCUT2D eigenvalue weighted by atomic mass is 10.2. The Morgan fingerprint density at radius 1 is 1.00 bits per heavy atom. The maximum absolute atomic E-state index is 12.5. The van der Waals surface area contributed by atoms with Crippen molar-refractivity contribution in [1.29, 1.82) is 0 Å². The van der Waals surface area contributed by atoms with Crippen molar-refractivity contribution in [3.05, 3.63) is 83.6 Å². The Morgan fingerprint density at radius 3 is 2.46 bits per heavy atom. The van der Waals surface area contributed by atoms with Crippen LogP contribution in [0.1, 0.15) is 21.5 Å². The molecule has 2 aromatic carbocycles. The van der Waals surface area contributed by atoms with Crippen LogP contribution in [0.3, 0.4) is 0 Å². The van der Waals surface area contributed by atoms with Gasteiger partial charge in [-0.05, 0) is 17.7 Å². The Hall–Kier alpha value is -3.28. The van der Waals surface area contributed by atoms with E-state index in [-0.39, 0.29) is 5.91 Å². The highest BCUT2D eigenvalue weighted by molar-refractivity contribution is 5.94. The molecule has 0 spiro atoms. The third-order valence-corrected chi connectivity index (χ3v) is 3.83. The molecule has 6 nitrogen and oxygen atoms in total. The van der Waals surface area contributed by atoms with E-state index >= 15 is 0 Å². The zero-order valence-corrected chi connectivity index (χ0v) is 12.9. The molecule has 0 saturated heterocycles. The third-order valence-electron chi connectivity index (χ3n) is 3.83. The van der Waals surface area contributed by atoms with Gasteiger partial charge in [-0.15, -0.1) is 5.11 Å². The lowest BCUT2D eigenvalue weighted by Crippen LogP contribution is -2.26. The van der Waals surface area contributed by atoms with E-state index in [1.807, 2.05) is 59.4 Å². The predicted octanol–water partition coefficient (Wildman–Crippen LogP) is 3.59. The fourth-order valence-corrected chi connectivity index (χ4v) is 2.63. The van der Waals surface area contributed by atoms with Crippen molar-refractivity contribution in [1.82, 2.24) is 14.8 Å². The van der Waals surface area contributed by atoms with Crippen molar-refractivity contribution >= 4 is 11.7 Å². The molecular formula is C18H15N5O. The molecule has 1 aliphatic rings. The zero-order valence-electron chi connectivity index (χ0n) is 12.9. The number of fused-ring (bicyclic) bond motifs is 1. The molecule has 0 unspecified atom stereocenters. The standard InChI is InChI=1S/C18H15N5O/c24-18(15-9-5-2-6-10-15)23-13-16-12-22(20-17(16)19-21-23)11-14-7-3-1-4-8-14/h1-10,12H,11,13H2. The van der Waals surface area contributed by atoms with Crippen LogP contribution >= 0.6 is 0 Å². The molecular weight excluding hydrogens is 302 g/mol. The molecule has 0 N–H and O–H groups in total. The Kier molecular flexibility index (Phi) is 3.63. The molecule has 6 heteroatoms. The van der Waals surface area contributed by atoms with Gasteiger partial charge in [0.1, 0.15) is 0 Å². The number of nitrogens with zero attached hydrogens (tertiary/aromatic N) is 5. The van der Waals surface area contributed by atoms with E-state index < -0.39 is 0 Å². The van der Waals surface area contributed by atoms with Gasteiger partial charge in [-0.2, -0.15) is 5.10 Å². The van der Waals surface area contributed by atoms with Gasteiger partial charge in [0.25, 0.3) is 5.91 Å². The molecule has 0 radical (unpaired) electrons. The molecule has 2 heterocycles. The highest BCUT2D eigenvalue weighted by Gasteiger charge is 2.23. The van der Waals surface area contributed by atoms with Crippen molar-refractivity contribution in [2.75, 3.05) is 0 Å². The van der Waals surface area contributed by atoms with Gasteiger partial charge < -0.3 is 0 Å². The first-order valence-corrected chi connectivity index (χ1v) is 7.68. The van der Waals surface area contributed by atoms with Crippen LogP contribution in [-0.4, -0.2) is 20.7 Å². The molecule has 3 aromatic rings. The van der Waals surface area contributed by atoms with Crippen LogP contribution in [-0.2, 0) is 13.1 Å². The molecule has 0 fully saturated rings. The summed E-state index contributed by atoms with van der Waals surface area (Å²) in [6.45, 7) is 1.04. The summed E-state index contributed by atoms with van der Waals surface area (Å²) in [5.41, 5.74) is 2.65. The van der Waals surface area contributed by atoms with Gasteiger partial charge in [-0.3, -0.25) is 9.48 Å². The van der Waals surface area contributed by atoms with Crippen molar-refractivity contribution < 1.29 is 4.79 Å². The maximum atomic E-state index is 12.5. The van der Waals surface area contributed by atoms with E-state index in [1.165, 1.54) is 5.01 Å². The van der Waals surface area contributed by atoms with Gasteiger partial charge in [0.15, 0.2) is 0 Å². The lowest BCUT2D eigenvalue weighted by Gasteiger charge is -2.17. The van der Waals surface area contributed by atoms with Crippen LogP contribution < -0.4 is 0 Å². The number of carbonyl (C=O) groups is 1. The Labute approximate surface area is 139 Å². The highest BCUT2D eigenvalue weighted by atomic mass is 16.2. The van der Waals surface area contributed by atoms with E-state index in [4.69, 9.17) is 0 Å². The minimum atomic E-state index is -0.166. The number of amides is 1. The second kappa shape index (κ2) is 6.08. The largest absolute Gasteiger partial charge is 0.275 e. The SMILES string of the molecule is O=C(c1ccccc1)N1Cc2cn(Cc3ccccc3)nc2N=N1. The number of aromatic nitrogens is 2. The van der Waals surface area contributed by atoms with Gasteiger partial charge >= 0.3 is 0 Å². The summed E-state index contributed by atoms with van der Waals surface area (Å²) in [5, 5.41) is 13.9. The number of hydrogen-bond acceptors (Lipinski definition) is 4. The number of rotatable bonds is 3. The summed E-state index contributed by atoms with van der Waals surface area (Å²) in [5.74, 6) is 0.406. The summed E-state index contributed by atoms with van der Waals surface area (Å²) >= 11 is 0. The monoisotopic (exact) mass is 317 g/mol. The second-order valence-corrected chi connectivity index (χ2v) is 5.58. The molecule has 1 amide bonds. The molecule has 0 bridgehead atoms. The van der Waals surface area contributed by atoms with E-state index in [0.29, 0.717) is 24.5 Å². The first-order chi connectivity index (χ1) is 11.8. The lowest BCUT2D eigenvalue weighted by molar-refractivity contribution is 0.0728. The van der Waals surface area contributed by atoms with E-state index in [0.717, 1.165) is 11.1 Å². The maximum Gasteiger partial charge on any atom is 0.275 e. The van der Waals surface area contributed by atoms with E-state index in [1.54, 1.807) is 12.1 Å². The van der Waals surface area contributed by atoms with Crippen LogP contribution in [0.5, 0.6) is 0 Å². The fourth-order valence-electron chi connectivity index (χ4n) is 2.63. The Bertz CT molecular complexity index is 886. The predicted molar refractivity (Wildman–Crippen MR) is 88.6 cm³/mol. The molecule has 24 heavy (non-hydrogen) atoms. The second-order valence-electron chi connectivity index (χ2n) is 5.58. The average molecular weight is 317 g/mol. The van der Waals surface area contributed by atoms with Crippen LogP contribution in [0.25, 0.3) is 0 Å². The first-order valence-electron chi connectivity index (χ1n) is 7.68. The first kappa shape index (κ1) is 14.3. The summed E-state index contributed by atoms with van der Waals surface area (Å²) in [6, 6.07) is 19.2. The molecule has 0 atom stereocenters. The highest BCUT2D eigenvalue weighted by Crippen LogP contribution is 2.25. The summed E-state index contributed by atoms with van der Waals surface area (Å²) in [6.07, 6.45) is 1.92. The average Bonchev–Trinajstić information content (AvgIpc) is 3.04. The molecule has 0 aliphatic carbocycles. The van der Waals surface area contributed by atoms with Crippen LogP contribution in [0, 0.1) is 0 Å². The normalized spacial score (nSPS) is 12.9. The number of hydrogen-bond donors (Lipinski definition) is 0. The van der Waals surface area contributed by atoms with Crippen LogP contribution in [0.4, 0.5) is 5.82 Å². The zero-order chi connectivity index (χ0) is 16.4. The van der Waals surface area contributed by atoms with Crippen molar-refractivity contribution in [3.63, 3.8) is 0 Å². The van der Waals surface area contributed by atoms with Gasteiger partial charge in [0.2, 0.25) is 5.82 Å². The minimum Gasteiger partial charge on any atom is -0.267 e. The molecule has 1 aliphatic heterocycles. The molecule has 1 aromatic heterocycles. The van der Waals surface area contributed by atoms with Gasteiger partial charge in [0, 0.05) is 17.3 Å². The minimum absolute atomic E-state index is 0.166. The van der Waals surface area contributed by atoms with Gasteiger partial charge in [0.05, 0.1) is 13.1 Å².